The van der Waals surface area contributed by atoms with E-state index in [-0.39, 0.29) is 0 Å². The summed E-state index contributed by atoms with van der Waals surface area (Å²) in [7, 11) is -3.50. The van der Waals surface area contributed by atoms with Crippen molar-refractivity contribution in [1.29, 1.82) is 0 Å². The Morgan fingerprint density at radius 1 is 0.867 bits per heavy atom. The van der Waals surface area contributed by atoms with Crippen LogP contribution < -0.4 is 4.90 Å². The number of sulfonamides is 1. The minimum absolute atomic E-state index is 0.359. The zero-order valence-electron chi connectivity index (χ0n) is 16.9. The van der Waals surface area contributed by atoms with Crippen molar-refractivity contribution in [2.24, 2.45) is 0 Å². The van der Waals surface area contributed by atoms with Gasteiger partial charge in [0, 0.05) is 31.7 Å². The lowest BCUT2D eigenvalue weighted by Crippen LogP contribution is -2.49. The van der Waals surface area contributed by atoms with Gasteiger partial charge in [0.25, 0.3) is 0 Å². The van der Waals surface area contributed by atoms with Gasteiger partial charge >= 0.3 is 0 Å². The summed E-state index contributed by atoms with van der Waals surface area (Å²) in [6.45, 7) is 5.75. The number of rotatable bonds is 4. The molecule has 1 saturated heterocycles. The molecule has 1 aromatic heterocycles. The first-order valence-electron chi connectivity index (χ1n) is 9.76. The smallest absolute Gasteiger partial charge is 0.243 e. The molecule has 0 N–H and O–H groups in total. The summed E-state index contributed by atoms with van der Waals surface area (Å²) in [5.41, 5.74) is 3.44. The Balaban J connectivity index is 1.46. The number of nitrogens with zero attached hydrogens (tertiary/aromatic N) is 4. The molecular formula is C22H23ClN4O2S. The van der Waals surface area contributed by atoms with Crippen LogP contribution in [-0.4, -0.2) is 49.1 Å². The SMILES string of the molecule is Cc1cc(C)cc(S(=O)(=O)N2CCN(c3ccc(-c4ccccc4Cl)nn3)CC2)c1. The van der Waals surface area contributed by atoms with Gasteiger partial charge in [-0.25, -0.2) is 8.42 Å². The van der Waals surface area contributed by atoms with Crippen molar-refractivity contribution in [3.8, 4) is 11.3 Å². The Hall–Kier alpha value is -2.48. The van der Waals surface area contributed by atoms with Crippen molar-refractivity contribution in [2.75, 3.05) is 31.1 Å². The lowest BCUT2D eigenvalue weighted by molar-refractivity contribution is 0.383. The van der Waals surface area contributed by atoms with Crippen LogP contribution >= 0.6 is 11.6 Å². The quantitative estimate of drug-likeness (QED) is 0.612. The van der Waals surface area contributed by atoms with E-state index in [1.165, 1.54) is 0 Å². The van der Waals surface area contributed by atoms with Gasteiger partial charge < -0.3 is 4.90 Å². The van der Waals surface area contributed by atoms with E-state index in [0.717, 1.165) is 22.5 Å². The number of aromatic nitrogens is 2. The van der Waals surface area contributed by atoms with Gasteiger partial charge in [0.2, 0.25) is 10.0 Å². The molecule has 0 unspecified atom stereocenters. The van der Waals surface area contributed by atoms with E-state index in [4.69, 9.17) is 11.6 Å². The van der Waals surface area contributed by atoms with Crippen LogP contribution in [0.4, 0.5) is 5.82 Å². The van der Waals surface area contributed by atoms with E-state index in [1.54, 1.807) is 16.4 Å². The molecule has 1 fully saturated rings. The fraction of sp³-hybridized carbons (Fsp3) is 0.273. The van der Waals surface area contributed by atoms with E-state index in [1.807, 2.05) is 56.3 Å². The highest BCUT2D eigenvalue weighted by molar-refractivity contribution is 7.89. The van der Waals surface area contributed by atoms with Crippen LogP contribution in [0.5, 0.6) is 0 Å². The molecule has 0 bridgehead atoms. The van der Waals surface area contributed by atoms with Gasteiger partial charge in [0.05, 0.1) is 15.6 Å². The minimum Gasteiger partial charge on any atom is -0.352 e. The molecule has 0 amide bonds. The van der Waals surface area contributed by atoms with Crippen LogP contribution in [0.3, 0.4) is 0 Å². The van der Waals surface area contributed by atoms with Gasteiger partial charge in [-0.15, -0.1) is 10.2 Å². The van der Waals surface area contributed by atoms with Crippen LogP contribution in [0.2, 0.25) is 5.02 Å². The first kappa shape index (κ1) is 20.8. The highest BCUT2D eigenvalue weighted by Gasteiger charge is 2.29. The van der Waals surface area contributed by atoms with Crippen LogP contribution in [0.1, 0.15) is 11.1 Å². The molecule has 0 radical (unpaired) electrons. The van der Waals surface area contributed by atoms with Crippen molar-refractivity contribution >= 4 is 27.4 Å². The molecule has 1 aliphatic heterocycles. The van der Waals surface area contributed by atoms with Crippen LogP contribution in [-0.2, 0) is 10.0 Å². The summed E-state index contributed by atoms with van der Waals surface area (Å²) in [5, 5.41) is 9.28. The first-order chi connectivity index (χ1) is 14.3. The normalized spacial score (nSPS) is 15.4. The minimum atomic E-state index is -3.50. The molecule has 0 saturated carbocycles. The van der Waals surface area contributed by atoms with Gasteiger partial charge in [-0.2, -0.15) is 4.31 Å². The lowest BCUT2D eigenvalue weighted by atomic mass is 10.1. The number of aryl methyl sites for hydroxylation is 2. The van der Waals surface area contributed by atoms with Gasteiger partial charge in [-0.1, -0.05) is 35.9 Å². The summed E-state index contributed by atoms with van der Waals surface area (Å²) in [6.07, 6.45) is 0. The molecule has 0 aliphatic carbocycles. The number of halogens is 1. The van der Waals surface area contributed by atoms with Crippen molar-refractivity contribution in [3.05, 3.63) is 70.7 Å². The van der Waals surface area contributed by atoms with Crippen molar-refractivity contribution in [2.45, 2.75) is 18.7 Å². The summed E-state index contributed by atoms with van der Waals surface area (Å²) in [5.74, 6) is 0.731. The molecule has 6 nitrogen and oxygen atoms in total. The summed E-state index contributed by atoms with van der Waals surface area (Å²) in [6, 6.07) is 16.7. The Morgan fingerprint density at radius 2 is 1.53 bits per heavy atom. The van der Waals surface area contributed by atoms with Gasteiger partial charge in [-0.3, -0.25) is 0 Å². The number of anilines is 1. The van der Waals surface area contributed by atoms with E-state index >= 15 is 0 Å². The van der Waals surface area contributed by atoms with Crippen LogP contribution in [0.25, 0.3) is 11.3 Å². The molecule has 0 atom stereocenters. The molecule has 1 aliphatic rings. The Morgan fingerprint density at radius 3 is 2.13 bits per heavy atom. The third-order valence-corrected chi connectivity index (χ3v) is 7.40. The topological polar surface area (TPSA) is 66.4 Å². The van der Waals surface area contributed by atoms with Crippen molar-refractivity contribution in [3.63, 3.8) is 0 Å². The molecule has 8 heteroatoms. The third-order valence-electron chi connectivity index (χ3n) is 5.20. The number of hydrogen-bond acceptors (Lipinski definition) is 5. The average molecular weight is 443 g/mol. The van der Waals surface area contributed by atoms with Crippen molar-refractivity contribution < 1.29 is 8.42 Å². The summed E-state index contributed by atoms with van der Waals surface area (Å²) in [4.78, 5) is 2.41. The van der Waals surface area contributed by atoms with Crippen LogP contribution in [0, 0.1) is 13.8 Å². The maximum atomic E-state index is 13.0. The maximum Gasteiger partial charge on any atom is 0.243 e. The lowest BCUT2D eigenvalue weighted by Gasteiger charge is -2.34. The fourth-order valence-corrected chi connectivity index (χ4v) is 5.54. The zero-order valence-corrected chi connectivity index (χ0v) is 18.5. The Kier molecular flexibility index (Phi) is 5.77. The molecule has 3 aromatic rings. The van der Waals surface area contributed by atoms with E-state index in [2.05, 4.69) is 15.1 Å². The summed E-state index contributed by atoms with van der Waals surface area (Å²) >= 11 is 6.24. The molecule has 2 aromatic carbocycles. The average Bonchev–Trinajstić information content (AvgIpc) is 2.74. The number of piperazine rings is 1. The number of benzene rings is 2. The van der Waals surface area contributed by atoms with E-state index in [0.29, 0.717) is 41.8 Å². The highest BCUT2D eigenvalue weighted by atomic mass is 35.5. The predicted octanol–water partition coefficient (Wildman–Crippen LogP) is 3.92. The van der Waals surface area contributed by atoms with Gasteiger partial charge in [0.15, 0.2) is 5.82 Å². The first-order valence-corrected chi connectivity index (χ1v) is 11.6. The predicted molar refractivity (Wildman–Crippen MR) is 119 cm³/mol. The van der Waals surface area contributed by atoms with Gasteiger partial charge in [-0.05, 0) is 55.3 Å². The van der Waals surface area contributed by atoms with Crippen molar-refractivity contribution in [1.82, 2.24) is 14.5 Å². The fourth-order valence-electron chi connectivity index (χ4n) is 3.69. The highest BCUT2D eigenvalue weighted by Crippen LogP contribution is 2.27. The maximum absolute atomic E-state index is 13.0. The number of hydrogen-bond donors (Lipinski definition) is 0. The third kappa shape index (κ3) is 4.19. The summed E-state index contributed by atoms with van der Waals surface area (Å²) < 4.78 is 27.6. The molecule has 30 heavy (non-hydrogen) atoms. The second kappa shape index (κ2) is 8.34. The van der Waals surface area contributed by atoms with Gasteiger partial charge in [0.1, 0.15) is 0 Å². The molecular weight excluding hydrogens is 420 g/mol. The Labute approximate surface area is 182 Å². The van der Waals surface area contributed by atoms with E-state index in [9.17, 15) is 8.42 Å². The molecule has 4 rings (SSSR count). The molecule has 2 heterocycles. The standard InChI is InChI=1S/C22H23ClN4O2S/c1-16-13-17(2)15-18(14-16)30(28,29)27-11-9-26(10-12-27)22-8-7-21(24-25-22)19-5-3-4-6-20(19)23/h3-8,13-15H,9-12H2,1-2H3. The second-order valence-electron chi connectivity index (χ2n) is 7.47. The van der Waals surface area contributed by atoms with Crippen LogP contribution in [0.15, 0.2) is 59.5 Å². The zero-order chi connectivity index (χ0) is 21.3. The monoisotopic (exact) mass is 442 g/mol. The Bertz CT molecular complexity index is 1140. The molecule has 0 spiro atoms. The molecule has 156 valence electrons. The van der Waals surface area contributed by atoms with E-state index < -0.39 is 10.0 Å². The second-order valence-corrected chi connectivity index (χ2v) is 9.82. The largest absolute Gasteiger partial charge is 0.352 e.